The topological polar surface area (TPSA) is 109 Å². The van der Waals surface area contributed by atoms with Crippen LogP contribution in [-0.4, -0.2) is 52.1 Å². The smallest absolute Gasteiger partial charge is 0.341 e. The molecule has 1 aliphatic rings. The molecule has 0 aliphatic carbocycles. The van der Waals surface area contributed by atoms with E-state index < -0.39 is 27.4 Å². The molecule has 0 radical (unpaired) electrons. The van der Waals surface area contributed by atoms with Crippen molar-refractivity contribution in [1.29, 1.82) is 0 Å². The Morgan fingerprint density at radius 1 is 1.17 bits per heavy atom. The maximum absolute atomic E-state index is 13.1. The van der Waals surface area contributed by atoms with Crippen LogP contribution in [0.15, 0.2) is 47.4 Å². The molecule has 1 N–H and O–H groups in total. The van der Waals surface area contributed by atoms with Crippen LogP contribution in [0.3, 0.4) is 0 Å². The molecule has 0 spiro atoms. The molecule has 4 rings (SSSR count). The second-order valence-electron chi connectivity index (χ2n) is 10.1. The summed E-state index contributed by atoms with van der Waals surface area (Å²) in [5, 5.41) is 21.9. The largest absolute Gasteiger partial charge is 0.477 e. The first kappa shape index (κ1) is 24.4. The number of carbonyl (C=O) groups is 1. The third kappa shape index (κ3) is 4.27. The maximum atomic E-state index is 13.1. The number of likely N-dealkylation sites (N-methyl/N-ethyl adjacent to an activating group) is 1. The number of nitro benzene ring substituents is 1. The number of carboxylic acid groups (broad SMARTS) is 1. The van der Waals surface area contributed by atoms with Gasteiger partial charge in [-0.1, -0.05) is 30.3 Å². The highest BCUT2D eigenvalue weighted by atomic mass is 16.6. The standard InChI is InChI=1S/C26H30N4O5/c1-16-22-18(24(31)19(25(32)33)14-29(22)26(2,3)4)13-20(30(34)35)23(16)28-12-11-27(5)21(15-28)17-9-7-6-8-10-17/h6-10,13-14,21H,11-12,15H2,1-5H3,(H,32,33). The van der Waals surface area contributed by atoms with E-state index in [0.29, 0.717) is 36.4 Å². The van der Waals surface area contributed by atoms with Crippen LogP contribution in [0.4, 0.5) is 11.4 Å². The van der Waals surface area contributed by atoms with E-state index >= 15 is 0 Å². The van der Waals surface area contributed by atoms with Crippen LogP contribution in [0, 0.1) is 17.0 Å². The lowest BCUT2D eigenvalue weighted by atomic mass is 9.97. The highest BCUT2D eigenvalue weighted by Crippen LogP contribution is 2.40. The van der Waals surface area contributed by atoms with E-state index in [2.05, 4.69) is 17.0 Å². The number of nitrogens with zero attached hydrogens (tertiary/aromatic N) is 4. The monoisotopic (exact) mass is 478 g/mol. The number of anilines is 1. The van der Waals surface area contributed by atoms with Crippen molar-refractivity contribution in [3.63, 3.8) is 0 Å². The Balaban J connectivity index is 1.99. The summed E-state index contributed by atoms with van der Waals surface area (Å²) in [6.07, 6.45) is 1.35. The molecule has 3 aromatic rings. The number of hydrogen-bond acceptors (Lipinski definition) is 6. The van der Waals surface area contributed by atoms with Crippen molar-refractivity contribution in [3.8, 4) is 0 Å². The summed E-state index contributed by atoms with van der Waals surface area (Å²) in [5.41, 5.74) is 0.826. The predicted molar refractivity (Wildman–Crippen MR) is 136 cm³/mol. The van der Waals surface area contributed by atoms with Crippen molar-refractivity contribution in [2.45, 2.75) is 39.3 Å². The molecule has 0 bridgehead atoms. The molecule has 1 aromatic heterocycles. The van der Waals surface area contributed by atoms with E-state index in [0.717, 1.165) is 5.56 Å². The van der Waals surface area contributed by atoms with Gasteiger partial charge in [-0.25, -0.2) is 4.79 Å². The second-order valence-corrected chi connectivity index (χ2v) is 10.1. The summed E-state index contributed by atoms with van der Waals surface area (Å²) >= 11 is 0. The molecule has 1 unspecified atom stereocenters. The number of hydrogen-bond donors (Lipinski definition) is 1. The van der Waals surface area contributed by atoms with Crippen molar-refractivity contribution in [1.82, 2.24) is 9.47 Å². The number of pyridine rings is 1. The number of fused-ring (bicyclic) bond motifs is 1. The highest BCUT2D eigenvalue weighted by molar-refractivity contribution is 5.97. The maximum Gasteiger partial charge on any atom is 0.341 e. The van der Waals surface area contributed by atoms with E-state index in [1.807, 2.05) is 50.9 Å². The third-order valence-electron chi connectivity index (χ3n) is 6.78. The molecule has 1 saturated heterocycles. The van der Waals surface area contributed by atoms with Crippen molar-refractivity contribution in [3.05, 3.63) is 79.6 Å². The van der Waals surface area contributed by atoms with Crippen molar-refractivity contribution >= 4 is 28.2 Å². The van der Waals surface area contributed by atoms with Crippen LogP contribution in [0.25, 0.3) is 10.9 Å². The first-order chi connectivity index (χ1) is 16.4. The third-order valence-corrected chi connectivity index (χ3v) is 6.78. The van der Waals surface area contributed by atoms with Gasteiger partial charge in [-0.05, 0) is 40.3 Å². The average molecular weight is 479 g/mol. The van der Waals surface area contributed by atoms with Gasteiger partial charge in [0.25, 0.3) is 5.69 Å². The number of nitro groups is 1. The Hall–Kier alpha value is -3.72. The Morgan fingerprint density at radius 3 is 2.40 bits per heavy atom. The number of rotatable bonds is 4. The van der Waals surface area contributed by atoms with E-state index in [1.165, 1.54) is 12.3 Å². The minimum Gasteiger partial charge on any atom is -0.477 e. The number of carboxylic acids is 1. The number of aromatic carboxylic acids is 1. The van der Waals surface area contributed by atoms with Gasteiger partial charge in [0.2, 0.25) is 5.43 Å². The van der Waals surface area contributed by atoms with Crippen LogP contribution in [-0.2, 0) is 5.54 Å². The summed E-state index contributed by atoms with van der Waals surface area (Å²) in [7, 11) is 2.04. The van der Waals surface area contributed by atoms with Gasteiger partial charge in [0, 0.05) is 43.0 Å². The lowest BCUT2D eigenvalue weighted by Crippen LogP contribution is -2.47. The molecule has 9 nitrogen and oxygen atoms in total. The van der Waals surface area contributed by atoms with Crippen LogP contribution in [0.1, 0.15) is 48.3 Å². The molecule has 1 fully saturated rings. The molecule has 2 heterocycles. The van der Waals surface area contributed by atoms with Crippen molar-refractivity contribution in [2.24, 2.45) is 0 Å². The van der Waals surface area contributed by atoms with Gasteiger partial charge < -0.3 is 14.6 Å². The molecular formula is C26H30N4O5. The van der Waals surface area contributed by atoms with Crippen LogP contribution < -0.4 is 10.3 Å². The molecule has 2 aromatic carbocycles. The minimum atomic E-state index is -1.36. The van der Waals surface area contributed by atoms with E-state index in [9.17, 15) is 24.8 Å². The Kier molecular flexibility index (Phi) is 6.14. The average Bonchev–Trinajstić information content (AvgIpc) is 2.79. The summed E-state index contributed by atoms with van der Waals surface area (Å²) in [5.74, 6) is -1.36. The van der Waals surface area contributed by atoms with Gasteiger partial charge in [0.15, 0.2) is 0 Å². The fourth-order valence-corrected chi connectivity index (χ4v) is 4.99. The Morgan fingerprint density at radius 2 is 1.83 bits per heavy atom. The minimum absolute atomic E-state index is 0.0406. The Labute approximate surface area is 203 Å². The summed E-state index contributed by atoms with van der Waals surface area (Å²) < 4.78 is 1.75. The fraction of sp³-hybridized carbons (Fsp3) is 0.385. The molecule has 1 aliphatic heterocycles. The van der Waals surface area contributed by atoms with E-state index in [-0.39, 0.29) is 17.1 Å². The molecule has 0 amide bonds. The molecular weight excluding hydrogens is 448 g/mol. The van der Waals surface area contributed by atoms with Gasteiger partial charge in [-0.2, -0.15) is 0 Å². The summed E-state index contributed by atoms with van der Waals surface area (Å²) in [4.78, 5) is 40.9. The quantitative estimate of drug-likeness (QED) is 0.443. The SMILES string of the molecule is Cc1c(N2CCN(C)C(c3ccccc3)C2)c([N+](=O)[O-])cc2c(=O)c(C(=O)O)cn(C(C)(C)C)c12. The number of benzene rings is 2. The first-order valence-corrected chi connectivity index (χ1v) is 11.5. The lowest BCUT2D eigenvalue weighted by Gasteiger charge is -2.41. The van der Waals surface area contributed by atoms with Gasteiger partial charge in [0.05, 0.1) is 21.9 Å². The van der Waals surface area contributed by atoms with E-state index in [1.54, 1.807) is 11.5 Å². The zero-order valence-corrected chi connectivity index (χ0v) is 20.6. The van der Waals surface area contributed by atoms with Crippen LogP contribution >= 0.6 is 0 Å². The van der Waals surface area contributed by atoms with Gasteiger partial charge in [-0.3, -0.25) is 19.8 Å². The van der Waals surface area contributed by atoms with Crippen LogP contribution in [0.2, 0.25) is 0 Å². The summed E-state index contributed by atoms with van der Waals surface area (Å²) in [6.45, 7) is 9.33. The second kappa shape index (κ2) is 8.81. The number of aryl methyl sites for hydroxylation is 1. The number of aromatic nitrogens is 1. The molecule has 184 valence electrons. The van der Waals surface area contributed by atoms with E-state index in [4.69, 9.17) is 0 Å². The molecule has 1 atom stereocenters. The van der Waals surface area contributed by atoms with Gasteiger partial charge >= 0.3 is 5.97 Å². The van der Waals surface area contributed by atoms with Crippen molar-refractivity contribution < 1.29 is 14.8 Å². The predicted octanol–water partition coefficient (Wildman–Crippen LogP) is 4.16. The van der Waals surface area contributed by atoms with Crippen molar-refractivity contribution in [2.75, 3.05) is 31.6 Å². The number of piperazine rings is 1. The first-order valence-electron chi connectivity index (χ1n) is 11.5. The normalized spacial score (nSPS) is 17.1. The fourth-order valence-electron chi connectivity index (χ4n) is 4.99. The zero-order valence-electron chi connectivity index (χ0n) is 20.6. The molecule has 35 heavy (non-hydrogen) atoms. The summed E-state index contributed by atoms with van der Waals surface area (Å²) in [6, 6.07) is 11.3. The molecule has 0 saturated carbocycles. The lowest BCUT2D eigenvalue weighted by molar-refractivity contribution is -0.384. The van der Waals surface area contributed by atoms with Crippen LogP contribution in [0.5, 0.6) is 0 Å². The Bertz CT molecular complexity index is 1370. The highest BCUT2D eigenvalue weighted by Gasteiger charge is 2.33. The zero-order chi connectivity index (χ0) is 25.7. The molecule has 9 heteroatoms. The van der Waals surface area contributed by atoms with Gasteiger partial charge in [0.1, 0.15) is 11.3 Å². The van der Waals surface area contributed by atoms with Gasteiger partial charge in [-0.15, -0.1) is 0 Å².